The number of carbonyl (C=O) groups is 3. The van der Waals surface area contributed by atoms with Crippen LogP contribution < -0.4 is 10.1 Å². The van der Waals surface area contributed by atoms with Gasteiger partial charge in [0.1, 0.15) is 18.1 Å². The lowest BCUT2D eigenvalue weighted by Gasteiger charge is -2.13. The van der Waals surface area contributed by atoms with Crippen LogP contribution in [0.5, 0.6) is 5.75 Å². The van der Waals surface area contributed by atoms with E-state index in [-0.39, 0.29) is 0 Å². The van der Waals surface area contributed by atoms with Crippen LogP contribution in [0.4, 0.5) is 5.82 Å². The molecule has 0 spiro atoms. The summed E-state index contributed by atoms with van der Waals surface area (Å²) in [6, 6.07) is 13.8. The summed E-state index contributed by atoms with van der Waals surface area (Å²) in [7, 11) is 1.60. The van der Waals surface area contributed by atoms with Crippen LogP contribution in [-0.4, -0.2) is 51.0 Å². The topological polar surface area (TPSA) is 106 Å². The first kappa shape index (κ1) is 19.9. The van der Waals surface area contributed by atoms with Crippen LogP contribution in [0, 0.1) is 6.92 Å². The van der Waals surface area contributed by atoms with Crippen LogP contribution >= 0.6 is 11.3 Å². The van der Waals surface area contributed by atoms with Crippen LogP contribution in [0.25, 0.3) is 15.3 Å². The number of thiazole rings is 1. The smallest absolute Gasteiger partial charge is 0.262 e. The Bertz CT molecular complexity index is 1370. The highest BCUT2D eigenvalue weighted by molar-refractivity contribution is 7.20. The lowest BCUT2D eigenvalue weighted by Crippen LogP contribution is -2.37. The average molecular weight is 447 g/mol. The molecule has 32 heavy (non-hydrogen) atoms. The summed E-state index contributed by atoms with van der Waals surface area (Å²) in [5, 5.41) is 7.75. The molecular formula is C22H17N5O4S. The second-order valence-corrected chi connectivity index (χ2v) is 8.21. The maximum atomic E-state index is 12.7. The molecule has 10 heteroatoms. The van der Waals surface area contributed by atoms with Gasteiger partial charge in [-0.25, -0.2) is 4.98 Å². The first-order valence-corrected chi connectivity index (χ1v) is 10.5. The fourth-order valence-electron chi connectivity index (χ4n) is 3.55. The number of carbonyl (C=O) groups excluding carboxylic acids is 3. The molecule has 9 nitrogen and oxygen atoms in total. The number of nitrogens with zero attached hydrogens (tertiary/aromatic N) is 4. The zero-order valence-corrected chi connectivity index (χ0v) is 18.0. The highest BCUT2D eigenvalue weighted by atomic mass is 32.1. The molecule has 160 valence electrons. The highest BCUT2D eigenvalue weighted by Gasteiger charge is 2.36. The predicted octanol–water partition coefficient (Wildman–Crippen LogP) is 3.03. The first-order valence-electron chi connectivity index (χ1n) is 9.71. The van der Waals surface area contributed by atoms with Crippen molar-refractivity contribution in [2.45, 2.75) is 6.92 Å². The number of nitrogens with one attached hydrogen (secondary N) is 1. The van der Waals surface area contributed by atoms with Crippen LogP contribution in [0.3, 0.4) is 0 Å². The monoisotopic (exact) mass is 447 g/mol. The Hall–Kier alpha value is -4.05. The third-order valence-electron chi connectivity index (χ3n) is 5.04. The Balaban J connectivity index is 1.39. The van der Waals surface area contributed by atoms with E-state index in [0.29, 0.717) is 27.8 Å². The van der Waals surface area contributed by atoms with Crippen molar-refractivity contribution in [3.05, 3.63) is 65.4 Å². The Morgan fingerprint density at radius 2 is 1.81 bits per heavy atom. The van der Waals surface area contributed by atoms with Gasteiger partial charge in [0.05, 0.1) is 34.1 Å². The number of hydrogen-bond donors (Lipinski definition) is 1. The van der Waals surface area contributed by atoms with Gasteiger partial charge in [0.15, 0.2) is 0 Å². The van der Waals surface area contributed by atoms with Crippen LogP contribution in [0.2, 0.25) is 0 Å². The third-order valence-corrected chi connectivity index (χ3v) is 6.04. The molecule has 0 radical (unpaired) electrons. The fourth-order valence-corrected chi connectivity index (χ4v) is 4.51. The fraction of sp³-hybridized carbons (Fsp3) is 0.136. The van der Waals surface area contributed by atoms with E-state index in [0.717, 1.165) is 20.9 Å². The molecule has 1 N–H and O–H groups in total. The third kappa shape index (κ3) is 3.30. The van der Waals surface area contributed by atoms with Gasteiger partial charge in [0, 0.05) is 6.07 Å². The Morgan fingerprint density at radius 3 is 2.50 bits per heavy atom. The van der Waals surface area contributed by atoms with Gasteiger partial charge in [-0.2, -0.15) is 9.78 Å². The van der Waals surface area contributed by atoms with Crippen molar-refractivity contribution in [3.63, 3.8) is 0 Å². The number of methoxy groups -OCH3 is 1. The van der Waals surface area contributed by atoms with Gasteiger partial charge in [-0.15, -0.1) is 0 Å². The van der Waals surface area contributed by atoms with Crippen molar-refractivity contribution in [2.24, 2.45) is 0 Å². The van der Waals surface area contributed by atoms with Gasteiger partial charge in [0.25, 0.3) is 11.8 Å². The summed E-state index contributed by atoms with van der Waals surface area (Å²) in [6.45, 7) is 1.40. The molecule has 5 rings (SSSR count). The maximum Gasteiger partial charge on any atom is 0.262 e. The van der Waals surface area contributed by atoms with Crippen molar-refractivity contribution >= 4 is 45.1 Å². The molecule has 0 unspecified atom stereocenters. The number of aromatic nitrogens is 3. The van der Waals surface area contributed by atoms with Crippen LogP contribution in [-0.2, 0) is 4.79 Å². The molecule has 0 fully saturated rings. The Labute approximate surface area is 186 Å². The van der Waals surface area contributed by atoms with Gasteiger partial charge >= 0.3 is 0 Å². The number of fused-ring (bicyclic) bond motifs is 2. The lowest BCUT2D eigenvalue weighted by molar-refractivity contribution is -0.116. The zero-order chi connectivity index (χ0) is 22.4. The van der Waals surface area contributed by atoms with E-state index in [9.17, 15) is 14.4 Å². The minimum atomic E-state index is -0.511. The molecule has 2 aromatic heterocycles. The maximum absolute atomic E-state index is 12.7. The molecule has 0 bridgehead atoms. The SMILES string of the molecule is COc1ccc2nc(-n3nc(C)cc3NC(=O)CN3C(=O)c4ccccc4C3=O)sc2c1. The summed E-state index contributed by atoms with van der Waals surface area (Å²) in [4.78, 5) is 43.3. The van der Waals surface area contributed by atoms with Crippen molar-refractivity contribution in [2.75, 3.05) is 19.0 Å². The largest absolute Gasteiger partial charge is 0.497 e. The number of hydrogen-bond acceptors (Lipinski definition) is 7. The van der Waals surface area contributed by atoms with Crippen molar-refractivity contribution < 1.29 is 19.1 Å². The summed E-state index contributed by atoms with van der Waals surface area (Å²) in [6.07, 6.45) is 0. The molecule has 1 aliphatic heterocycles. The molecule has 4 aromatic rings. The zero-order valence-electron chi connectivity index (χ0n) is 17.2. The minimum absolute atomic E-state index is 0.302. The number of ether oxygens (including phenoxy) is 1. The molecule has 0 atom stereocenters. The van der Waals surface area contributed by atoms with Gasteiger partial charge < -0.3 is 10.1 Å². The quantitative estimate of drug-likeness (QED) is 0.472. The normalized spacial score (nSPS) is 13.0. The summed E-state index contributed by atoms with van der Waals surface area (Å²) in [5.74, 6) is -0.353. The molecule has 1 aliphatic rings. The van der Waals surface area contributed by atoms with E-state index in [2.05, 4.69) is 15.4 Å². The van der Waals surface area contributed by atoms with E-state index >= 15 is 0 Å². The number of imide groups is 1. The van der Waals surface area contributed by atoms with E-state index in [4.69, 9.17) is 4.74 Å². The van der Waals surface area contributed by atoms with Gasteiger partial charge in [-0.3, -0.25) is 19.3 Å². The van der Waals surface area contributed by atoms with E-state index in [1.807, 2.05) is 18.2 Å². The number of aryl methyl sites for hydroxylation is 1. The van der Waals surface area contributed by atoms with Gasteiger partial charge in [-0.1, -0.05) is 23.5 Å². The predicted molar refractivity (Wildman–Crippen MR) is 118 cm³/mol. The average Bonchev–Trinajstić information content (AvgIpc) is 3.44. The number of amides is 3. The summed E-state index contributed by atoms with van der Waals surface area (Å²) in [5.41, 5.74) is 2.06. The molecule has 0 saturated carbocycles. The Kier molecular flexibility index (Phi) is 4.71. The standard InChI is InChI=1S/C22H17N5O4S/c1-12-9-18(27(25-12)22-23-16-8-7-13(31-2)10-17(16)32-22)24-19(28)11-26-20(29)14-5-3-4-6-15(14)21(26)30/h3-10H,11H2,1-2H3,(H,24,28). The molecule has 2 aromatic carbocycles. The summed E-state index contributed by atoms with van der Waals surface area (Å²) >= 11 is 1.40. The lowest BCUT2D eigenvalue weighted by atomic mass is 10.1. The molecule has 0 aliphatic carbocycles. The first-order chi connectivity index (χ1) is 15.4. The molecule has 3 heterocycles. The Morgan fingerprint density at radius 1 is 1.09 bits per heavy atom. The van der Waals surface area contributed by atoms with Crippen LogP contribution in [0.1, 0.15) is 26.4 Å². The molecule has 0 saturated heterocycles. The number of anilines is 1. The minimum Gasteiger partial charge on any atom is -0.497 e. The second kappa shape index (κ2) is 7.57. The van der Waals surface area contributed by atoms with Crippen molar-refractivity contribution in [1.29, 1.82) is 0 Å². The van der Waals surface area contributed by atoms with E-state index in [1.165, 1.54) is 16.0 Å². The van der Waals surface area contributed by atoms with Crippen LogP contribution in [0.15, 0.2) is 48.5 Å². The van der Waals surface area contributed by atoms with E-state index in [1.54, 1.807) is 44.4 Å². The second-order valence-electron chi connectivity index (χ2n) is 7.20. The number of benzene rings is 2. The summed E-state index contributed by atoms with van der Waals surface area (Å²) < 4.78 is 7.71. The van der Waals surface area contributed by atoms with Gasteiger partial charge in [-0.05, 0) is 37.3 Å². The van der Waals surface area contributed by atoms with Crippen molar-refractivity contribution in [3.8, 4) is 10.9 Å². The van der Waals surface area contributed by atoms with E-state index < -0.39 is 24.3 Å². The van der Waals surface area contributed by atoms with Crippen molar-refractivity contribution in [1.82, 2.24) is 19.7 Å². The molecule has 3 amide bonds. The molecular weight excluding hydrogens is 430 g/mol. The number of rotatable bonds is 5. The van der Waals surface area contributed by atoms with Gasteiger partial charge in [0.2, 0.25) is 11.0 Å². The highest BCUT2D eigenvalue weighted by Crippen LogP contribution is 2.30.